The van der Waals surface area contributed by atoms with Crippen LogP contribution < -0.4 is 10.3 Å². The number of ether oxygens (including phenoxy) is 1. The van der Waals surface area contributed by atoms with Crippen LogP contribution in [0.15, 0.2) is 53.3 Å². The summed E-state index contributed by atoms with van der Waals surface area (Å²) >= 11 is 0. The molecule has 0 aliphatic carbocycles. The normalized spacial score (nSPS) is 18.7. The molecular formula is C26H28N4O3. The second-order valence-corrected chi connectivity index (χ2v) is 9.22. The van der Waals surface area contributed by atoms with Gasteiger partial charge in [0.1, 0.15) is 11.3 Å². The van der Waals surface area contributed by atoms with E-state index in [9.17, 15) is 9.59 Å². The molecule has 2 aromatic heterocycles. The molecule has 1 amide bonds. The summed E-state index contributed by atoms with van der Waals surface area (Å²) in [6, 6.07) is 14.9. The van der Waals surface area contributed by atoms with Crippen molar-refractivity contribution in [1.82, 2.24) is 19.2 Å². The number of likely N-dealkylation sites (tertiary alicyclic amines) is 1. The van der Waals surface area contributed by atoms with E-state index in [1.807, 2.05) is 40.8 Å². The second-order valence-electron chi connectivity index (χ2n) is 9.22. The van der Waals surface area contributed by atoms with Gasteiger partial charge in [-0.1, -0.05) is 32.0 Å². The zero-order chi connectivity index (χ0) is 23.3. The minimum absolute atomic E-state index is 0.128. The lowest BCUT2D eigenvalue weighted by Gasteiger charge is -2.34. The molecular weight excluding hydrogens is 416 g/mol. The standard InChI is InChI=1S/C26H28N4O3/c1-16-13-17(2)15-29(14-16)25(31)23-22-20-7-5-6-8-21(20)28(3)24(22)26(32)30(27-23)18-9-11-19(33-4)12-10-18/h5-12,16-17H,13-15H2,1-4H3/t16-,17-/m1/s1. The Morgan fingerprint density at radius 1 is 1.03 bits per heavy atom. The van der Waals surface area contributed by atoms with Crippen molar-refractivity contribution in [3.05, 3.63) is 64.6 Å². The molecule has 0 spiro atoms. The zero-order valence-electron chi connectivity index (χ0n) is 19.4. The predicted molar refractivity (Wildman–Crippen MR) is 129 cm³/mol. The third kappa shape index (κ3) is 3.48. The number of carbonyl (C=O) groups excluding carboxylic acids is 1. The molecule has 7 nitrogen and oxygen atoms in total. The zero-order valence-corrected chi connectivity index (χ0v) is 19.4. The predicted octanol–water partition coefficient (Wildman–Crippen LogP) is 4.00. The van der Waals surface area contributed by atoms with Crippen molar-refractivity contribution in [1.29, 1.82) is 0 Å². The first-order valence-electron chi connectivity index (χ1n) is 11.3. The molecule has 4 aromatic rings. The van der Waals surface area contributed by atoms with E-state index in [0.29, 0.717) is 53.0 Å². The number of methoxy groups -OCH3 is 1. The molecule has 170 valence electrons. The van der Waals surface area contributed by atoms with Crippen LogP contribution in [0, 0.1) is 11.8 Å². The van der Waals surface area contributed by atoms with E-state index in [1.165, 1.54) is 4.68 Å². The second kappa shape index (κ2) is 8.06. The summed E-state index contributed by atoms with van der Waals surface area (Å²) in [4.78, 5) is 29.4. The van der Waals surface area contributed by atoms with Gasteiger partial charge < -0.3 is 14.2 Å². The monoisotopic (exact) mass is 444 g/mol. The molecule has 7 heteroatoms. The van der Waals surface area contributed by atoms with Gasteiger partial charge in [-0.15, -0.1) is 0 Å². The highest BCUT2D eigenvalue weighted by Gasteiger charge is 2.30. The van der Waals surface area contributed by atoms with E-state index in [2.05, 4.69) is 18.9 Å². The Hall–Kier alpha value is -3.61. The molecule has 0 bridgehead atoms. The largest absolute Gasteiger partial charge is 0.497 e. The molecule has 3 heterocycles. The number of carbonyl (C=O) groups is 1. The molecule has 0 radical (unpaired) electrons. The highest BCUT2D eigenvalue weighted by Crippen LogP contribution is 2.30. The minimum Gasteiger partial charge on any atom is -0.497 e. The summed E-state index contributed by atoms with van der Waals surface area (Å²) < 4.78 is 8.46. The molecule has 2 atom stereocenters. The SMILES string of the molecule is COc1ccc(-n2nc(C(=O)N3C[C@H](C)C[C@@H](C)C3)c3c4ccccc4n(C)c3c2=O)cc1. The van der Waals surface area contributed by atoms with E-state index < -0.39 is 0 Å². The van der Waals surface area contributed by atoms with Crippen molar-refractivity contribution >= 4 is 27.7 Å². The van der Waals surface area contributed by atoms with Crippen LogP contribution in [-0.4, -0.2) is 45.4 Å². The maximum absolute atomic E-state index is 13.9. The van der Waals surface area contributed by atoms with Gasteiger partial charge in [0.2, 0.25) is 0 Å². The smallest absolute Gasteiger partial charge is 0.296 e. The molecule has 2 aromatic carbocycles. The average Bonchev–Trinajstić information content (AvgIpc) is 3.12. The van der Waals surface area contributed by atoms with Gasteiger partial charge in [0.25, 0.3) is 11.5 Å². The maximum atomic E-state index is 13.9. The van der Waals surface area contributed by atoms with Gasteiger partial charge in [-0.05, 0) is 48.6 Å². The van der Waals surface area contributed by atoms with Gasteiger partial charge in [0.05, 0.1) is 12.8 Å². The number of nitrogens with zero attached hydrogens (tertiary/aromatic N) is 4. The molecule has 33 heavy (non-hydrogen) atoms. The van der Waals surface area contributed by atoms with Gasteiger partial charge >= 0.3 is 0 Å². The molecule has 0 unspecified atom stereocenters. The van der Waals surface area contributed by atoms with Crippen molar-refractivity contribution < 1.29 is 9.53 Å². The maximum Gasteiger partial charge on any atom is 0.296 e. The summed E-state index contributed by atoms with van der Waals surface area (Å²) in [6.07, 6.45) is 1.10. The van der Waals surface area contributed by atoms with E-state index in [0.717, 1.165) is 17.3 Å². The Bertz CT molecular complexity index is 1410. The summed E-state index contributed by atoms with van der Waals surface area (Å²) in [6.45, 7) is 5.74. The fraction of sp³-hybridized carbons (Fsp3) is 0.346. The van der Waals surface area contributed by atoms with Gasteiger partial charge in [-0.25, -0.2) is 0 Å². The van der Waals surface area contributed by atoms with Crippen molar-refractivity contribution in [3.63, 3.8) is 0 Å². The molecule has 1 fully saturated rings. The lowest BCUT2D eigenvalue weighted by atomic mass is 9.91. The third-order valence-corrected chi connectivity index (χ3v) is 6.61. The third-order valence-electron chi connectivity index (χ3n) is 6.61. The summed E-state index contributed by atoms with van der Waals surface area (Å²) in [5, 5.41) is 6.16. The number of hydrogen-bond donors (Lipinski definition) is 0. The summed E-state index contributed by atoms with van der Waals surface area (Å²) in [7, 11) is 3.46. The lowest BCUT2D eigenvalue weighted by molar-refractivity contribution is 0.0617. The summed E-state index contributed by atoms with van der Waals surface area (Å²) in [5.74, 6) is 1.41. The molecule has 1 aliphatic heterocycles. The van der Waals surface area contributed by atoms with Crippen molar-refractivity contribution in [3.8, 4) is 11.4 Å². The Morgan fingerprint density at radius 2 is 1.70 bits per heavy atom. The number of rotatable bonds is 3. The molecule has 0 saturated carbocycles. The van der Waals surface area contributed by atoms with Crippen LogP contribution in [0.4, 0.5) is 0 Å². The Kier molecular flexibility index (Phi) is 5.19. The van der Waals surface area contributed by atoms with E-state index in [1.54, 1.807) is 31.4 Å². The van der Waals surface area contributed by atoms with E-state index in [4.69, 9.17) is 4.74 Å². The highest BCUT2D eigenvalue weighted by molar-refractivity contribution is 6.16. The van der Waals surface area contributed by atoms with Gasteiger partial charge in [0, 0.05) is 36.4 Å². The molecule has 1 aliphatic rings. The fourth-order valence-corrected chi connectivity index (χ4v) is 5.21. The van der Waals surface area contributed by atoms with Crippen molar-refractivity contribution in [2.75, 3.05) is 20.2 Å². The molecule has 5 rings (SSSR count). The fourth-order valence-electron chi connectivity index (χ4n) is 5.21. The van der Waals surface area contributed by atoms with Crippen LogP contribution >= 0.6 is 0 Å². The summed E-state index contributed by atoms with van der Waals surface area (Å²) in [5.41, 5.74) is 2.02. The molecule has 0 N–H and O–H groups in total. The van der Waals surface area contributed by atoms with Gasteiger partial charge in [0.15, 0.2) is 5.69 Å². The van der Waals surface area contributed by atoms with Crippen molar-refractivity contribution in [2.45, 2.75) is 20.3 Å². The first kappa shape index (κ1) is 21.2. The Labute approximate surface area is 192 Å². The first-order valence-corrected chi connectivity index (χ1v) is 11.3. The number of aryl methyl sites for hydroxylation is 1. The van der Waals surface area contributed by atoms with Gasteiger partial charge in [-0.3, -0.25) is 9.59 Å². The Balaban J connectivity index is 1.79. The lowest BCUT2D eigenvalue weighted by Crippen LogP contribution is -2.43. The minimum atomic E-state index is -0.259. The van der Waals surface area contributed by atoms with Gasteiger partial charge in [-0.2, -0.15) is 9.78 Å². The average molecular weight is 445 g/mol. The number of amides is 1. The first-order chi connectivity index (χ1) is 15.9. The number of piperidine rings is 1. The number of benzene rings is 2. The van der Waals surface area contributed by atoms with Crippen LogP contribution in [0.2, 0.25) is 0 Å². The van der Waals surface area contributed by atoms with Crippen molar-refractivity contribution in [2.24, 2.45) is 18.9 Å². The van der Waals surface area contributed by atoms with Crippen LogP contribution in [-0.2, 0) is 7.05 Å². The van der Waals surface area contributed by atoms with Crippen LogP contribution in [0.25, 0.3) is 27.5 Å². The Morgan fingerprint density at radius 3 is 2.36 bits per heavy atom. The van der Waals surface area contributed by atoms with E-state index >= 15 is 0 Å². The topological polar surface area (TPSA) is 69.4 Å². The number of hydrogen-bond acceptors (Lipinski definition) is 4. The van der Waals surface area contributed by atoms with Crippen LogP contribution in [0.5, 0.6) is 5.75 Å². The number of aromatic nitrogens is 3. The van der Waals surface area contributed by atoms with Crippen LogP contribution in [0.1, 0.15) is 30.8 Å². The van der Waals surface area contributed by atoms with Crippen LogP contribution in [0.3, 0.4) is 0 Å². The quantitative estimate of drug-likeness (QED) is 0.479. The van der Waals surface area contributed by atoms with E-state index in [-0.39, 0.29) is 11.5 Å². The highest BCUT2D eigenvalue weighted by atomic mass is 16.5. The molecule has 1 saturated heterocycles. The number of fused-ring (bicyclic) bond motifs is 3. The number of para-hydroxylation sites is 1.